The summed E-state index contributed by atoms with van der Waals surface area (Å²) in [6.07, 6.45) is 13.4. The van der Waals surface area contributed by atoms with E-state index >= 15 is 0 Å². The third-order valence-corrected chi connectivity index (χ3v) is 8.83. The van der Waals surface area contributed by atoms with Crippen molar-refractivity contribution in [2.75, 3.05) is 6.61 Å². The van der Waals surface area contributed by atoms with Crippen LogP contribution >= 0.6 is 0 Å². The van der Waals surface area contributed by atoms with Crippen molar-refractivity contribution in [3.8, 4) is 0 Å². The highest BCUT2D eigenvalue weighted by molar-refractivity contribution is 5.92. The van der Waals surface area contributed by atoms with Gasteiger partial charge in [0.1, 0.15) is 0 Å². The number of hydrogen-bond donors (Lipinski definition) is 0. The number of esters is 1. The van der Waals surface area contributed by atoms with Crippen molar-refractivity contribution in [3.63, 3.8) is 0 Å². The molecule has 4 aliphatic rings. The lowest BCUT2D eigenvalue weighted by Gasteiger charge is -2.56. The van der Waals surface area contributed by atoms with Crippen molar-refractivity contribution in [2.45, 2.75) is 66.2 Å². The highest BCUT2D eigenvalue weighted by atomic mass is 16.5. The lowest BCUT2D eigenvalue weighted by Crippen LogP contribution is -2.49. The van der Waals surface area contributed by atoms with E-state index in [1.807, 2.05) is 6.08 Å². The Bertz CT molecular complexity index is 704. The molecule has 0 spiro atoms. The zero-order valence-corrected chi connectivity index (χ0v) is 17.3. The molecule has 0 saturated heterocycles. The molecule has 0 radical (unpaired) electrons. The normalized spacial score (nSPS) is 44.0. The molecule has 2 fully saturated rings. The second-order valence-corrected chi connectivity index (χ2v) is 10.1. The van der Waals surface area contributed by atoms with E-state index in [1.54, 1.807) is 0 Å². The van der Waals surface area contributed by atoms with Crippen LogP contribution in [0, 0.1) is 40.4 Å². The van der Waals surface area contributed by atoms with Crippen LogP contribution in [0.3, 0.4) is 0 Å². The molecule has 0 N–H and O–H groups in total. The monoisotopic (exact) mass is 370 g/mol. The Labute approximate surface area is 163 Å². The lowest BCUT2D eigenvalue weighted by molar-refractivity contribution is -0.143. The Hall–Kier alpha value is -1.38. The van der Waals surface area contributed by atoms with Gasteiger partial charge in [-0.25, -0.2) is 0 Å². The van der Waals surface area contributed by atoms with Crippen LogP contribution in [0.1, 0.15) is 66.2 Å². The van der Waals surface area contributed by atoms with Gasteiger partial charge in [0, 0.05) is 13.3 Å². The van der Waals surface area contributed by atoms with Crippen molar-refractivity contribution in [1.29, 1.82) is 0 Å². The summed E-state index contributed by atoms with van der Waals surface area (Å²) < 4.78 is 5.35. The molecule has 4 rings (SSSR count). The van der Waals surface area contributed by atoms with Crippen LogP contribution in [0.4, 0.5) is 0 Å². The minimum absolute atomic E-state index is 0.167. The van der Waals surface area contributed by atoms with Crippen molar-refractivity contribution in [1.82, 2.24) is 0 Å². The molecule has 148 valence electrons. The summed E-state index contributed by atoms with van der Waals surface area (Å²) in [4.78, 5) is 23.2. The molecule has 0 aromatic carbocycles. The smallest absolute Gasteiger partial charge is 0.302 e. The van der Waals surface area contributed by atoms with Crippen LogP contribution in [0.15, 0.2) is 23.8 Å². The molecule has 0 aromatic heterocycles. The molecule has 7 atom stereocenters. The van der Waals surface area contributed by atoms with Crippen molar-refractivity contribution in [3.05, 3.63) is 23.8 Å². The van der Waals surface area contributed by atoms with Crippen LogP contribution in [0.2, 0.25) is 0 Å². The maximum Gasteiger partial charge on any atom is 0.302 e. The third kappa shape index (κ3) is 2.93. The van der Waals surface area contributed by atoms with Crippen LogP contribution in [-0.4, -0.2) is 18.4 Å². The Balaban J connectivity index is 1.59. The van der Waals surface area contributed by atoms with Crippen molar-refractivity contribution < 1.29 is 14.3 Å². The molecule has 0 aliphatic heterocycles. The summed E-state index contributed by atoms with van der Waals surface area (Å²) in [5.41, 5.74) is 1.80. The van der Waals surface area contributed by atoms with Gasteiger partial charge in [-0.1, -0.05) is 32.9 Å². The van der Waals surface area contributed by atoms with Gasteiger partial charge in [-0.05, 0) is 84.2 Å². The molecule has 3 heteroatoms. The Kier molecular flexibility index (Phi) is 4.63. The number of hydrogen-bond acceptors (Lipinski definition) is 3. The predicted molar refractivity (Wildman–Crippen MR) is 106 cm³/mol. The lowest BCUT2D eigenvalue weighted by atomic mass is 9.48. The van der Waals surface area contributed by atoms with Gasteiger partial charge in [0.2, 0.25) is 0 Å². The van der Waals surface area contributed by atoms with Gasteiger partial charge in [-0.15, -0.1) is 0 Å². The molecule has 3 nitrogen and oxygen atoms in total. The Morgan fingerprint density at radius 1 is 1.22 bits per heavy atom. The number of carbonyl (C=O) groups excluding carboxylic acids is 2. The second-order valence-electron chi connectivity index (χ2n) is 10.1. The highest BCUT2D eigenvalue weighted by Crippen LogP contribution is 2.66. The molecule has 27 heavy (non-hydrogen) atoms. The summed E-state index contributed by atoms with van der Waals surface area (Å²) in [6, 6.07) is 0. The maximum atomic E-state index is 11.9. The van der Waals surface area contributed by atoms with Crippen LogP contribution in [0.5, 0.6) is 0 Å². The highest BCUT2D eigenvalue weighted by Gasteiger charge is 2.58. The zero-order valence-electron chi connectivity index (χ0n) is 17.3. The van der Waals surface area contributed by atoms with Crippen molar-refractivity contribution >= 4 is 11.8 Å². The number of fused-ring (bicyclic) bond motifs is 5. The fourth-order valence-electron chi connectivity index (χ4n) is 7.34. The van der Waals surface area contributed by atoms with E-state index in [9.17, 15) is 9.59 Å². The third-order valence-electron chi connectivity index (χ3n) is 8.83. The fourth-order valence-corrected chi connectivity index (χ4v) is 7.34. The van der Waals surface area contributed by atoms with E-state index in [2.05, 4.69) is 32.9 Å². The summed E-state index contributed by atoms with van der Waals surface area (Å²) >= 11 is 0. The number of rotatable bonds is 3. The molecule has 1 unspecified atom stereocenters. The van der Waals surface area contributed by atoms with E-state index in [0.717, 1.165) is 6.42 Å². The van der Waals surface area contributed by atoms with E-state index < -0.39 is 0 Å². The van der Waals surface area contributed by atoms with Crippen LogP contribution in [0.25, 0.3) is 0 Å². The Morgan fingerprint density at radius 3 is 2.74 bits per heavy atom. The van der Waals surface area contributed by atoms with E-state index in [4.69, 9.17) is 4.74 Å². The first-order valence-corrected chi connectivity index (χ1v) is 10.8. The van der Waals surface area contributed by atoms with Crippen LogP contribution < -0.4 is 0 Å². The SMILES string of the molecule is CC(=O)OCC(C)[C@H]1CC[C@H]2[C@@H]3C=CC4=CC(=O)CC[C@]4(C)[C@H]3CC[C@]12C. The molecule has 0 aromatic rings. The van der Waals surface area contributed by atoms with Gasteiger partial charge in [-0.2, -0.15) is 0 Å². The number of allylic oxidation sites excluding steroid dienone is 4. The topological polar surface area (TPSA) is 43.4 Å². The first kappa shape index (κ1) is 19.0. The average Bonchev–Trinajstić information content (AvgIpc) is 2.97. The molecular weight excluding hydrogens is 336 g/mol. The summed E-state index contributed by atoms with van der Waals surface area (Å²) in [5.74, 6) is 3.20. The van der Waals surface area contributed by atoms with E-state index in [0.29, 0.717) is 53.8 Å². The van der Waals surface area contributed by atoms with Gasteiger partial charge in [-0.3, -0.25) is 9.59 Å². The van der Waals surface area contributed by atoms with Gasteiger partial charge in [0.05, 0.1) is 6.61 Å². The summed E-state index contributed by atoms with van der Waals surface area (Å²) in [6.45, 7) is 9.23. The minimum Gasteiger partial charge on any atom is -0.466 e. The second kappa shape index (κ2) is 6.60. The van der Waals surface area contributed by atoms with Crippen LogP contribution in [-0.2, 0) is 14.3 Å². The quantitative estimate of drug-likeness (QED) is 0.648. The summed E-state index contributed by atoms with van der Waals surface area (Å²) in [5, 5.41) is 0. The minimum atomic E-state index is -0.167. The standard InChI is InChI=1S/C24H34O3/c1-15(14-27-16(2)25)20-7-8-21-19-6-5-17-13-18(26)9-11-23(17,3)22(19)10-12-24(20,21)4/h5-6,13,15,19-22H,7-12,14H2,1-4H3/t15?,19-,20+,21-,22-,23-,24+/m0/s1. The van der Waals surface area contributed by atoms with E-state index in [1.165, 1.54) is 38.2 Å². The number of ether oxygens (including phenoxy) is 1. The first-order valence-electron chi connectivity index (χ1n) is 10.8. The number of carbonyl (C=O) groups is 2. The fraction of sp³-hybridized carbons (Fsp3) is 0.750. The van der Waals surface area contributed by atoms with Gasteiger partial charge in [0.15, 0.2) is 5.78 Å². The average molecular weight is 371 g/mol. The van der Waals surface area contributed by atoms with Gasteiger partial charge < -0.3 is 4.74 Å². The first-order chi connectivity index (χ1) is 12.8. The van der Waals surface area contributed by atoms with Gasteiger partial charge in [0.25, 0.3) is 0 Å². The van der Waals surface area contributed by atoms with Gasteiger partial charge >= 0.3 is 5.97 Å². The molecule has 0 bridgehead atoms. The largest absolute Gasteiger partial charge is 0.466 e. The number of ketones is 1. The molecule has 4 aliphatic carbocycles. The van der Waals surface area contributed by atoms with E-state index in [-0.39, 0.29) is 11.4 Å². The Morgan fingerprint density at radius 2 is 2.00 bits per heavy atom. The molecular formula is C24H34O3. The summed E-state index contributed by atoms with van der Waals surface area (Å²) in [7, 11) is 0. The predicted octanol–water partition coefficient (Wildman–Crippen LogP) is 5.11. The maximum absolute atomic E-state index is 11.9. The van der Waals surface area contributed by atoms with Crippen molar-refractivity contribution in [2.24, 2.45) is 40.4 Å². The zero-order chi connectivity index (χ0) is 19.4. The molecule has 0 amide bonds. The molecule has 0 heterocycles. The molecule has 2 saturated carbocycles.